The average Bonchev–Trinajstić information content (AvgIpc) is 3.56. The van der Waals surface area contributed by atoms with Crippen LogP contribution >= 0.6 is 0 Å². The minimum atomic E-state index is -0.356. The third-order valence-corrected chi connectivity index (χ3v) is 12.8. The lowest BCUT2D eigenvalue weighted by molar-refractivity contribution is -0.120. The first-order valence-electron chi connectivity index (χ1n) is 21.8. The Labute approximate surface area is 366 Å². The number of piperidine rings is 1. The van der Waals surface area contributed by atoms with Gasteiger partial charge < -0.3 is 29.9 Å². The third-order valence-electron chi connectivity index (χ3n) is 12.8. The SMILES string of the molecule is COc1ccccc1C(=O)NCc1ccc(-c2nn3c(c2C=O)Nc2ccc(N4CCN(CC5CCN(c6ccc(N7CCC(=O)NC7=O)cc6)CC5)CC4)cc2CC3)c(OC)c1. The van der Waals surface area contributed by atoms with E-state index < -0.39 is 0 Å². The minimum Gasteiger partial charge on any atom is -0.496 e. The maximum Gasteiger partial charge on any atom is 0.328 e. The zero-order chi connectivity index (χ0) is 43.5. The highest BCUT2D eigenvalue weighted by Crippen LogP contribution is 2.39. The fourth-order valence-corrected chi connectivity index (χ4v) is 9.27. The number of ether oxygens (including phenoxy) is 2. The summed E-state index contributed by atoms with van der Waals surface area (Å²) in [5.74, 6) is 1.91. The average molecular weight is 852 g/mol. The summed E-state index contributed by atoms with van der Waals surface area (Å²) in [4.78, 5) is 58.6. The number of methoxy groups -OCH3 is 2. The first-order chi connectivity index (χ1) is 30.8. The summed E-state index contributed by atoms with van der Waals surface area (Å²) >= 11 is 0. The number of amides is 4. The second kappa shape index (κ2) is 18.2. The maximum atomic E-state index is 12.9. The second-order valence-corrected chi connectivity index (χ2v) is 16.6. The highest BCUT2D eigenvalue weighted by atomic mass is 16.5. The number of para-hydroxylation sites is 1. The molecule has 4 aromatic carbocycles. The molecule has 5 aromatic rings. The number of rotatable bonds is 12. The van der Waals surface area contributed by atoms with Gasteiger partial charge in [-0.1, -0.05) is 18.2 Å². The topological polar surface area (TPSA) is 154 Å². The van der Waals surface area contributed by atoms with Crippen LogP contribution in [0.5, 0.6) is 11.5 Å². The standard InChI is InChI=1S/C48H53N9O6/c1-62-42-6-4-3-5-39(42)47(60)49-29-33-7-13-38(43(27-33)63-2)45-40(31-58)46-50-41-14-12-37(28-34(41)17-22-57(46)52-45)55-25-23-53(24-26-55)30-32-15-19-54(20-16-32)35-8-10-36(11-9-35)56-21-18-44(59)51-48(56)61/h3-14,27-28,31-32,50H,15-26,29-30H2,1-2H3,(H,49,60)(H,51,59,61). The van der Waals surface area contributed by atoms with Crippen LogP contribution in [0.3, 0.4) is 0 Å². The van der Waals surface area contributed by atoms with Gasteiger partial charge in [0.2, 0.25) is 5.91 Å². The van der Waals surface area contributed by atoms with E-state index in [0.717, 1.165) is 88.3 Å². The summed E-state index contributed by atoms with van der Waals surface area (Å²) in [6.45, 7) is 8.40. The van der Waals surface area contributed by atoms with Crippen molar-refractivity contribution in [2.45, 2.75) is 38.8 Å². The molecule has 4 aliphatic heterocycles. The van der Waals surface area contributed by atoms with Crippen molar-refractivity contribution in [2.75, 3.05) is 86.6 Å². The molecule has 4 amide bonds. The molecule has 0 spiro atoms. The van der Waals surface area contributed by atoms with Crippen LogP contribution < -0.4 is 40.1 Å². The molecule has 0 unspecified atom stereocenters. The molecule has 0 radical (unpaired) electrons. The van der Waals surface area contributed by atoms with E-state index in [1.165, 1.54) is 24.0 Å². The lowest BCUT2D eigenvalue weighted by atomic mass is 9.95. The molecule has 63 heavy (non-hydrogen) atoms. The molecule has 0 saturated carbocycles. The predicted octanol–water partition coefficient (Wildman–Crippen LogP) is 6.09. The Balaban J connectivity index is 0.780. The zero-order valence-electron chi connectivity index (χ0n) is 35.8. The van der Waals surface area contributed by atoms with Crippen LogP contribution in [0.15, 0.2) is 84.9 Å². The van der Waals surface area contributed by atoms with Gasteiger partial charge in [-0.3, -0.25) is 29.5 Å². The molecule has 15 nitrogen and oxygen atoms in total. The summed E-state index contributed by atoms with van der Waals surface area (Å²) in [6.07, 6.45) is 4.22. The molecule has 3 saturated heterocycles. The van der Waals surface area contributed by atoms with Gasteiger partial charge in [0.15, 0.2) is 6.29 Å². The molecule has 5 heterocycles. The van der Waals surface area contributed by atoms with E-state index in [4.69, 9.17) is 14.6 Å². The smallest absolute Gasteiger partial charge is 0.328 e. The molecule has 9 rings (SSSR count). The van der Waals surface area contributed by atoms with Crippen molar-refractivity contribution < 1.29 is 28.7 Å². The number of hydrogen-bond donors (Lipinski definition) is 3. The van der Waals surface area contributed by atoms with Gasteiger partial charge in [0.25, 0.3) is 5.91 Å². The van der Waals surface area contributed by atoms with Crippen LogP contribution in [-0.4, -0.2) is 105 Å². The van der Waals surface area contributed by atoms with E-state index in [-0.39, 0.29) is 24.4 Å². The number of carbonyl (C=O) groups is 4. The van der Waals surface area contributed by atoms with Gasteiger partial charge in [0.1, 0.15) is 23.0 Å². The second-order valence-electron chi connectivity index (χ2n) is 16.6. The Bertz CT molecular complexity index is 2510. The Morgan fingerprint density at radius 1 is 0.778 bits per heavy atom. The van der Waals surface area contributed by atoms with Crippen LogP contribution in [0.2, 0.25) is 0 Å². The molecule has 3 N–H and O–H groups in total. The molecule has 4 aliphatic rings. The summed E-state index contributed by atoms with van der Waals surface area (Å²) in [5, 5.41) is 13.8. The Morgan fingerprint density at radius 3 is 2.25 bits per heavy atom. The lowest BCUT2D eigenvalue weighted by Gasteiger charge is -2.40. The fourth-order valence-electron chi connectivity index (χ4n) is 9.27. The number of anilines is 5. The number of hydrogen-bond acceptors (Lipinski definition) is 11. The number of carbonyl (C=O) groups excluding carboxylic acids is 4. The van der Waals surface area contributed by atoms with E-state index in [2.05, 4.69) is 61.0 Å². The number of urea groups is 1. The van der Waals surface area contributed by atoms with Gasteiger partial charge in [0, 0.05) is 100 Å². The third kappa shape index (κ3) is 8.78. The zero-order valence-corrected chi connectivity index (χ0v) is 35.8. The monoisotopic (exact) mass is 851 g/mol. The van der Waals surface area contributed by atoms with E-state index in [1.807, 2.05) is 41.1 Å². The summed E-state index contributed by atoms with van der Waals surface area (Å²) in [7, 11) is 3.13. The Hall–Kier alpha value is -6.87. The molecule has 15 heteroatoms. The molecule has 3 fully saturated rings. The number of benzene rings is 4. The number of aldehydes is 1. The van der Waals surface area contributed by atoms with Gasteiger partial charge in [-0.25, -0.2) is 9.48 Å². The van der Waals surface area contributed by atoms with Crippen molar-refractivity contribution in [3.8, 4) is 22.8 Å². The Morgan fingerprint density at radius 2 is 1.51 bits per heavy atom. The highest BCUT2D eigenvalue weighted by Gasteiger charge is 2.28. The molecule has 326 valence electrons. The van der Waals surface area contributed by atoms with E-state index in [1.54, 1.807) is 30.2 Å². The molecular weight excluding hydrogens is 799 g/mol. The van der Waals surface area contributed by atoms with E-state index in [0.29, 0.717) is 65.1 Å². The molecule has 0 atom stereocenters. The van der Waals surface area contributed by atoms with E-state index >= 15 is 0 Å². The number of fused-ring (bicyclic) bond motifs is 2. The molecular formula is C48H53N9O6. The number of nitrogens with one attached hydrogen (secondary N) is 3. The number of aryl methyl sites for hydroxylation is 2. The normalized spacial score (nSPS) is 17.0. The molecule has 0 bridgehead atoms. The van der Waals surface area contributed by atoms with Gasteiger partial charge in [-0.15, -0.1) is 0 Å². The van der Waals surface area contributed by atoms with Crippen LogP contribution in [0, 0.1) is 5.92 Å². The van der Waals surface area contributed by atoms with Crippen molar-refractivity contribution in [1.29, 1.82) is 0 Å². The summed E-state index contributed by atoms with van der Waals surface area (Å²) in [6, 6.07) is 27.1. The predicted molar refractivity (Wildman–Crippen MR) is 243 cm³/mol. The van der Waals surface area contributed by atoms with Gasteiger partial charge in [0.05, 0.1) is 25.3 Å². The van der Waals surface area contributed by atoms with E-state index in [9.17, 15) is 19.2 Å². The van der Waals surface area contributed by atoms with Crippen molar-refractivity contribution >= 4 is 52.7 Å². The first kappa shape index (κ1) is 41.5. The maximum absolute atomic E-state index is 12.9. The highest BCUT2D eigenvalue weighted by molar-refractivity contribution is 6.05. The van der Waals surface area contributed by atoms with Gasteiger partial charge >= 0.3 is 6.03 Å². The summed E-state index contributed by atoms with van der Waals surface area (Å²) < 4.78 is 13.0. The lowest BCUT2D eigenvalue weighted by Crippen LogP contribution is -2.49. The van der Waals surface area contributed by atoms with Crippen molar-refractivity contribution in [1.82, 2.24) is 25.3 Å². The first-order valence-corrected chi connectivity index (χ1v) is 21.8. The number of nitrogens with zero attached hydrogens (tertiary/aromatic N) is 6. The summed E-state index contributed by atoms with van der Waals surface area (Å²) in [5.41, 5.74) is 8.32. The number of piperazine rings is 1. The quantitative estimate of drug-likeness (QED) is 0.125. The molecule has 0 aliphatic carbocycles. The van der Waals surface area contributed by atoms with Crippen LogP contribution in [-0.2, 0) is 24.3 Å². The van der Waals surface area contributed by atoms with Crippen LogP contribution in [0.4, 0.5) is 33.4 Å². The largest absolute Gasteiger partial charge is 0.496 e. The number of aromatic nitrogens is 2. The molecule has 1 aromatic heterocycles. The van der Waals surface area contributed by atoms with Gasteiger partial charge in [-0.2, -0.15) is 5.10 Å². The fraction of sp³-hybridized carbons (Fsp3) is 0.354. The Kier molecular flexibility index (Phi) is 12.0. The van der Waals surface area contributed by atoms with Crippen molar-refractivity contribution in [3.05, 3.63) is 107 Å². The van der Waals surface area contributed by atoms with Crippen molar-refractivity contribution in [2.24, 2.45) is 5.92 Å². The minimum absolute atomic E-state index is 0.223. The van der Waals surface area contributed by atoms with Crippen molar-refractivity contribution in [3.63, 3.8) is 0 Å². The number of imide groups is 1. The van der Waals surface area contributed by atoms with Gasteiger partial charge in [-0.05, 0) is 103 Å². The van der Waals surface area contributed by atoms with Crippen LogP contribution in [0.25, 0.3) is 11.3 Å². The van der Waals surface area contributed by atoms with Crippen LogP contribution in [0.1, 0.15) is 51.1 Å².